The van der Waals surface area contributed by atoms with Gasteiger partial charge in [-0.25, -0.2) is 0 Å². The molecule has 0 unspecified atom stereocenters. The van der Waals surface area contributed by atoms with Crippen molar-refractivity contribution in [1.82, 2.24) is 0 Å². The largest absolute Gasteiger partial charge is 0.337 e. The van der Waals surface area contributed by atoms with Gasteiger partial charge in [-0.3, -0.25) is 0 Å². The Morgan fingerprint density at radius 3 is 2.92 bits per heavy atom. The fraction of sp³-hybridized carbons (Fsp3) is 0.556. The molecule has 0 fully saturated rings. The third-order valence-corrected chi connectivity index (χ3v) is 2.67. The van der Waals surface area contributed by atoms with Crippen LogP contribution in [0, 0.1) is 0 Å². The number of hydrogen-bond donors (Lipinski definition) is 2. The number of rotatable bonds is 5. The molecule has 1 heterocycles. The van der Waals surface area contributed by atoms with Gasteiger partial charge < -0.3 is 10.2 Å². The molecule has 0 atom stereocenters. The summed E-state index contributed by atoms with van der Waals surface area (Å²) in [4.78, 5) is 3.00. The van der Waals surface area contributed by atoms with Gasteiger partial charge in [-0.1, -0.05) is 6.07 Å². The molecule has 1 rings (SSSR count). The molecule has 2 nitrogen and oxygen atoms in total. The van der Waals surface area contributed by atoms with Crippen LogP contribution < -0.4 is 10.2 Å². The maximum absolute atomic E-state index is 2.37. The summed E-state index contributed by atoms with van der Waals surface area (Å²) in [6.07, 6.45) is 0. The molecule has 0 saturated carbocycles. The SMILES string of the molecule is C[NH+](C)CC[NH2+]Cc1cccs1. The van der Waals surface area contributed by atoms with Crippen molar-refractivity contribution in [3.8, 4) is 0 Å². The van der Waals surface area contributed by atoms with E-state index in [1.54, 1.807) is 0 Å². The summed E-state index contributed by atoms with van der Waals surface area (Å²) < 4.78 is 0. The highest BCUT2D eigenvalue weighted by atomic mass is 32.1. The van der Waals surface area contributed by atoms with Gasteiger partial charge in [0.15, 0.2) is 0 Å². The van der Waals surface area contributed by atoms with E-state index in [1.807, 2.05) is 11.3 Å². The van der Waals surface area contributed by atoms with Crippen LogP contribution in [0.1, 0.15) is 4.88 Å². The van der Waals surface area contributed by atoms with Crippen molar-refractivity contribution < 1.29 is 10.2 Å². The highest BCUT2D eigenvalue weighted by Crippen LogP contribution is 2.05. The Kier molecular flexibility index (Phi) is 4.29. The minimum atomic E-state index is 1.14. The van der Waals surface area contributed by atoms with Gasteiger partial charge in [-0.2, -0.15) is 0 Å². The first-order valence-corrected chi connectivity index (χ1v) is 5.30. The summed E-state index contributed by atoms with van der Waals surface area (Å²) in [6, 6.07) is 4.31. The molecule has 0 radical (unpaired) electrons. The monoisotopic (exact) mass is 186 g/mol. The van der Waals surface area contributed by atoms with E-state index >= 15 is 0 Å². The van der Waals surface area contributed by atoms with Crippen molar-refractivity contribution in [2.45, 2.75) is 6.54 Å². The van der Waals surface area contributed by atoms with Crippen molar-refractivity contribution in [3.63, 3.8) is 0 Å². The lowest BCUT2D eigenvalue weighted by molar-refractivity contribution is -0.875. The Morgan fingerprint density at radius 1 is 1.50 bits per heavy atom. The molecule has 3 N–H and O–H groups in total. The Morgan fingerprint density at radius 2 is 2.33 bits per heavy atom. The van der Waals surface area contributed by atoms with Crippen molar-refractivity contribution in [2.24, 2.45) is 0 Å². The van der Waals surface area contributed by atoms with Gasteiger partial charge in [-0.15, -0.1) is 11.3 Å². The first-order chi connectivity index (χ1) is 5.79. The maximum atomic E-state index is 2.37. The van der Waals surface area contributed by atoms with Crippen LogP contribution in [0.25, 0.3) is 0 Å². The molecule has 0 aliphatic carbocycles. The van der Waals surface area contributed by atoms with Gasteiger partial charge in [0.1, 0.15) is 19.6 Å². The fourth-order valence-electron chi connectivity index (χ4n) is 1.06. The third-order valence-electron chi connectivity index (χ3n) is 1.77. The van der Waals surface area contributed by atoms with Gasteiger partial charge >= 0.3 is 0 Å². The third kappa shape index (κ3) is 3.85. The Bertz CT molecular complexity index is 194. The van der Waals surface area contributed by atoms with Crippen molar-refractivity contribution in [3.05, 3.63) is 22.4 Å². The molecule has 68 valence electrons. The molecule has 0 bridgehead atoms. The molecule has 0 aliphatic heterocycles. The van der Waals surface area contributed by atoms with Crippen LogP contribution in [0.4, 0.5) is 0 Å². The van der Waals surface area contributed by atoms with E-state index in [9.17, 15) is 0 Å². The normalized spacial score (nSPS) is 10.9. The number of likely N-dealkylation sites (N-methyl/N-ethyl adjacent to an activating group) is 1. The van der Waals surface area contributed by atoms with Crippen LogP contribution in [0.2, 0.25) is 0 Å². The van der Waals surface area contributed by atoms with E-state index in [0.29, 0.717) is 0 Å². The minimum Gasteiger partial charge on any atom is -0.337 e. The fourth-order valence-corrected chi connectivity index (χ4v) is 1.77. The lowest BCUT2D eigenvalue weighted by Crippen LogP contribution is -3.09. The zero-order valence-corrected chi connectivity index (χ0v) is 8.66. The van der Waals surface area contributed by atoms with Gasteiger partial charge in [0, 0.05) is 0 Å². The highest BCUT2D eigenvalue weighted by molar-refractivity contribution is 7.09. The second kappa shape index (κ2) is 5.30. The number of hydrogen-bond acceptors (Lipinski definition) is 1. The zero-order valence-electron chi connectivity index (χ0n) is 7.84. The summed E-state index contributed by atoms with van der Waals surface area (Å²) in [5.41, 5.74) is 0. The van der Waals surface area contributed by atoms with E-state index < -0.39 is 0 Å². The first kappa shape index (κ1) is 9.71. The van der Waals surface area contributed by atoms with Gasteiger partial charge in [-0.05, 0) is 11.4 Å². The summed E-state index contributed by atoms with van der Waals surface area (Å²) >= 11 is 1.84. The molecule has 0 aromatic carbocycles. The maximum Gasteiger partial charge on any atom is 0.126 e. The lowest BCUT2D eigenvalue weighted by Gasteiger charge is -2.04. The number of nitrogens with two attached hydrogens (primary N) is 1. The molecule has 0 aliphatic rings. The topological polar surface area (TPSA) is 21.1 Å². The molecular formula is C9H18N2S+2. The van der Waals surface area contributed by atoms with Gasteiger partial charge in [0.25, 0.3) is 0 Å². The Balaban J connectivity index is 2.04. The predicted octanol–water partition coefficient (Wildman–Crippen LogP) is -1.04. The van der Waals surface area contributed by atoms with Crippen LogP contribution in [0.15, 0.2) is 17.5 Å². The highest BCUT2D eigenvalue weighted by Gasteiger charge is 1.97. The van der Waals surface area contributed by atoms with Gasteiger partial charge in [0.05, 0.1) is 19.0 Å². The smallest absolute Gasteiger partial charge is 0.126 e. The van der Waals surface area contributed by atoms with E-state index in [0.717, 1.165) is 6.54 Å². The molecule has 12 heavy (non-hydrogen) atoms. The summed E-state index contributed by atoms with van der Waals surface area (Å²) in [6.45, 7) is 3.61. The molecule has 0 amide bonds. The van der Waals surface area contributed by atoms with Crippen LogP contribution in [-0.2, 0) is 6.54 Å². The van der Waals surface area contributed by atoms with E-state index in [-0.39, 0.29) is 0 Å². The van der Waals surface area contributed by atoms with Crippen LogP contribution >= 0.6 is 11.3 Å². The molecule has 0 saturated heterocycles. The average molecular weight is 186 g/mol. The predicted molar refractivity (Wildman–Crippen MR) is 52.5 cm³/mol. The molecular weight excluding hydrogens is 168 g/mol. The minimum absolute atomic E-state index is 1.14. The van der Waals surface area contributed by atoms with Crippen molar-refractivity contribution in [2.75, 3.05) is 27.2 Å². The van der Waals surface area contributed by atoms with Crippen molar-refractivity contribution >= 4 is 11.3 Å². The first-order valence-electron chi connectivity index (χ1n) is 4.42. The van der Waals surface area contributed by atoms with E-state index in [1.165, 1.54) is 22.9 Å². The van der Waals surface area contributed by atoms with Crippen LogP contribution in [0.5, 0.6) is 0 Å². The molecule has 1 aromatic heterocycles. The van der Waals surface area contributed by atoms with E-state index in [2.05, 4.69) is 36.9 Å². The molecule has 0 spiro atoms. The number of thiophene rings is 1. The average Bonchev–Trinajstić information content (AvgIpc) is 2.49. The number of quaternary nitrogens is 2. The summed E-state index contributed by atoms with van der Waals surface area (Å²) in [5, 5.41) is 4.51. The van der Waals surface area contributed by atoms with Crippen LogP contribution in [-0.4, -0.2) is 27.2 Å². The summed E-state index contributed by atoms with van der Waals surface area (Å²) in [7, 11) is 4.39. The van der Waals surface area contributed by atoms with Crippen molar-refractivity contribution in [1.29, 1.82) is 0 Å². The Labute approximate surface area is 78.2 Å². The lowest BCUT2D eigenvalue weighted by atomic mass is 10.4. The Hall–Kier alpha value is -0.380. The van der Waals surface area contributed by atoms with Crippen LogP contribution in [0.3, 0.4) is 0 Å². The second-order valence-corrected chi connectivity index (χ2v) is 4.35. The van der Waals surface area contributed by atoms with Gasteiger partial charge in [0.2, 0.25) is 0 Å². The second-order valence-electron chi connectivity index (χ2n) is 3.32. The number of nitrogens with one attached hydrogen (secondary N) is 1. The standard InChI is InChI=1S/C9H16N2S/c1-11(2)6-5-10-8-9-4-3-7-12-9/h3-4,7,10H,5-6,8H2,1-2H3/p+2. The molecule has 1 aromatic rings. The summed E-state index contributed by atoms with van der Waals surface area (Å²) in [5.74, 6) is 0. The van der Waals surface area contributed by atoms with E-state index in [4.69, 9.17) is 0 Å². The quantitative estimate of drug-likeness (QED) is 0.548. The zero-order chi connectivity index (χ0) is 8.81. The molecule has 3 heteroatoms.